The van der Waals surface area contributed by atoms with Crippen LogP contribution in [0.3, 0.4) is 0 Å². The number of hydrogen-bond donors (Lipinski definition) is 0. The molecule has 110 valence electrons. The molecular formula is C15H32O3. The molecule has 0 amide bonds. The maximum Gasteiger partial charge on any atom is 0.0566 e. The first kappa shape index (κ1) is 17.9. The second-order valence-corrected chi connectivity index (χ2v) is 5.01. The van der Waals surface area contributed by atoms with E-state index < -0.39 is 0 Å². The first-order valence-electron chi connectivity index (χ1n) is 7.47. The molecule has 3 nitrogen and oxygen atoms in total. The highest BCUT2D eigenvalue weighted by Crippen LogP contribution is 2.24. The molecule has 0 spiro atoms. The van der Waals surface area contributed by atoms with Gasteiger partial charge in [0, 0.05) is 25.2 Å². The van der Waals surface area contributed by atoms with Gasteiger partial charge in [0.15, 0.2) is 0 Å². The lowest BCUT2D eigenvalue weighted by Crippen LogP contribution is -2.37. The third-order valence-corrected chi connectivity index (χ3v) is 3.02. The van der Waals surface area contributed by atoms with Crippen molar-refractivity contribution in [3.05, 3.63) is 0 Å². The van der Waals surface area contributed by atoms with Gasteiger partial charge in [-0.05, 0) is 25.7 Å². The Hall–Kier alpha value is -0.120. The molecule has 0 fully saturated rings. The van der Waals surface area contributed by atoms with E-state index in [0.717, 1.165) is 65.3 Å². The van der Waals surface area contributed by atoms with E-state index in [9.17, 15) is 0 Å². The van der Waals surface area contributed by atoms with E-state index in [1.807, 2.05) is 0 Å². The topological polar surface area (TPSA) is 27.7 Å². The average Bonchev–Trinajstić information content (AvgIpc) is 2.39. The first-order chi connectivity index (χ1) is 8.74. The minimum atomic E-state index is 0.0273. The lowest BCUT2D eigenvalue weighted by molar-refractivity contribution is -0.0712. The summed E-state index contributed by atoms with van der Waals surface area (Å²) in [6.07, 6.45) is 4.21. The van der Waals surface area contributed by atoms with Crippen LogP contribution in [0.4, 0.5) is 0 Å². The fourth-order valence-corrected chi connectivity index (χ4v) is 1.73. The second-order valence-electron chi connectivity index (χ2n) is 5.01. The maximum absolute atomic E-state index is 5.74. The van der Waals surface area contributed by atoms with Crippen LogP contribution >= 0.6 is 0 Å². The number of ether oxygens (including phenoxy) is 3. The van der Waals surface area contributed by atoms with Gasteiger partial charge in [-0.25, -0.2) is 0 Å². The highest BCUT2D eigenvalue weighted by Gasteiger charge is 2.29. The van der Waals surface area contributed by atoms with Crippen LogP contribution in [0.25, 0.3) is 0 Å². The molecule has 0 bridgehead atoms. The van der Waals surface area contributed by atoms with Gasteiger partial charge in [0.2, 0.25) is 0 Å². The molecule has 0 aliphatic carbocycles. The Bertz CT molecular complexity index is 145. The third-order valence-electron chi connectivity index (χ3n) is 3.02. The van der Waals surface area contributed by atoms with Crippen LogP contribution in [0.5, 0.6) is 0 Å². The molecule has 0 saturated carbocycles. The minimum absolute atomic E-state index is 0.0273. The van der Waals surface area contributed by atoms with E-state index in [4.69, 9.17) is 14.2 Å². The molecule has 3 heteroatoms. The second kappa shape index (κ2) is 11.9. The van der Waals surface area contributed by atoms with Crippen molar-refractivity contribution in [1.29, 1.82) is 0 Å². The molecule has 0 atom stereocenters. The van der Waals surface area contributed by atoms with Crippen LogP contribution in [0.2, 0.25) is 0 Å². The van der Waals surface area contributed by atoms with Crippen molar-refractivity contribution in [2.75, 3.05) is 39.6 Å². The van der Waals surface area contributed by atoms with Crippen molar-refractivity contribution in [3.63, 3.8) is 0 Å². The van der Waals surface area contributed by atoms with Crippen LogP contribution in [0.15, 0.2) is 0 Å². The lowest BCUT2D eigenvalue weighted by atomic mass is 9.88. The van der Waals surface area contributed by atoms with E-state index >= 15 is 0 Å². The number of rotatable bonds is 13. The average molecular weight is 260 g/mol. The van der Waals surface area contributed by atoms with Crippen molar-refractivity contribution in [2.45, 2.75) is 53.4 Å². The Kier molecular flexibility index (Phi) is 11.9. The molecule has 0 saturated heterocycles. The first-order valence-corrected chi connectivity index (χ1v) is 7.47. The summed E-state index contributed by atoms with van der Waals surface area (Å²) in [5.41, 5.74) is 0.0273. The van der Waals surface area contributed by atoms with Crippen molar-refractivity contribution in [2.24, 2.45) is 5.41 Å². The Morgan fingerprint density at radius 1 is 0.611 bits per heavy atom. The highest BCUT2D eigenvalue weighted by molar-refractivity contribution is 4.77. The largest absolute Gasteiger partial charge is 0.381 e. The van der Waals surface area contributed by atoms with Crippen molar-refractivity contribution < 1.29 is 14.2 Å². The van der Waals surface area contributed by atoms with Gasteiger partial charge in [0.1, 0.15) is 0 Å². The SMILES string of the molecule is CCCOCC(CC)(COCCC)COCCC. The zero-order valence-electron chi connectivity index (χ0n) is 12.8. The summed E-state index contributed by atoms with van der Waals surface area (Å²) in [6, 6.07) is 0. The predicted octanol–water partition coefficient (Wildman–Crippen LogP) is 3.66. The van der Waals surface area contributed by atoms with E-state index in [1.54, 1.807) is 0 Å². The van der Waals surface area contributed by atoms with Gasteiger partial charge in [0.05, 0.1) is 19.8 Å². The maximum atomic E-state index is 5.74. The molecule has 0 radical (unpaired) electrons. The summed E-state index contributed by atoms with van der Waals surface area (Å²) in [5, 5.41) is 0. The Labute approximate surface area is 113 Å². The van der Waals surface area contributed by atoms with Gasteiger partial charge in [-0.15, -0.1) is 0 Å². The summed E-state index contributed by atoms with van der Waals surface area (Å²) < 4.78 is 17.2. The molecule has 0 unspecified atom stereocenters. The zero-order valence-corrected chi connectivity index (χ0v) is 12.8. The van der Waals surface area contributed by atoms with E-state index in [2.05, 4.69) is 27.7 Å². The molecule has 18 heavy (non-hydrogen) atoms. The lowest BCUT2D eigenvalue weighted by Gasteiger charge is -2.32. The summed E-state index contributed by atoms with van der Waals surface area (Å²) in [4.78, 5) is 0. The molecule has 0 aromatic heterocycles. The molecule has 0 aliphatic rings. The van der Waals surface area contributed by atoms with Gasteiger partial charge in [-0.3, -0.25) is 0 Å². The van der Waals surface area contributed by atoms with Crippen molar-refractivity contribution in [3.8, 4) is 0 Å². The molecule has 0 aliphatic heterocycles. The molecule has 0 aromatic rings. The smallest absolute Gasteiger partial charge is 0.0566 e. The molecule has 0 heterocycles. The summed E-state index contributed by atoms with van der Waals surface area (Å²) >= 11 is 0. The Morgan fingerprint density at radius 2 is 0.944 bits per heavy atom. The fraction of sp³-hybridized carbons (Fsp3) is 1.00. The predicted molar refractivity (Wildman–Crippen MR) is 76.1 cm³/mol. The monoisotopic (exact) mass is 260 g/mol. The minimum Gasteiger partial charge on any atom is -0.381 e. The fourth-order valence-electron chi connectivity index (χ4n) is 1.73. The summed E-state index contributed by atoms with van der Waals surface area (Å²) in [7, 11) is 0. The quantitative estimate of drug-likeness (QED) is 0.473. The Morgan fingerprint density at radius 3 is 1.17 bits per heavy atom. The zero-order chi connectivity index (χ0) is 13.7. The van der Waals surface area contributed by atoms with E-state index in [1.165, 1.54) is 0 Å². The van der Waals surface area contributed by atoms with Crippen molar-refractivity contribution in [1.82, 2.24) is 0 Å². The van der Waals surface area contributed by atoms with Crippen LogP contribution in [-0.2, 0) is 14.2 Å². The van der Waals surface area contributed by atoms with Crippen molar-refractivity contribution >= 4 is 0 Å². The van der Waals surface area contributed by atoms with Gasteiger partial charge in [-0.2, -0.15) is 0 Å². The molecular weight excluding hydrogens is 228 g/mol. The molecule has 0 aromatic carbocycles. The van der Waals surface area contributed by atoms with Crippen LogP contribution in [0, 0.1) is 5.41 Å². The molecule has 0 N–H and O–H groups in total. The van der Waals surface area contributed by atoms with E-state index in [-0.39, 0.29) is 5.41 Å². The van der Waals surface area contributed by atoms with Gasteiger partial charge < -0.3 is 14.2 Å². The van der Waals surface area contributed by atoms with Crippen LogP contribution < -0.4 is 0 Å². The Balaban J connectivity index is 4.20. The van der Waals surface area contributed by atoms with Crippen LogP contribution in [-0.4, -0.2) is 39.6 Å². The van der Waals surface area contributed by atoms with Crippen LogP contribution in [0.1, 0.15) is 53.4 Å². The number of hydrogen-bond acceptors (Lipinski definition) is 3. The normalized spacial score (nSPS) is 12.0. The molecule has 0 rings (SSSR count). The highest BCUT2D eigenvalue weighted by atomic mass is 16.5. The van der Waals surface area contributed by atoms with Gasteiger partial charge >= 0.3 is 0 Å². The standard InChI is InChI=1S/C15H32O3/c1-5-9-16-12-15(8-4,13-17-10-6-2)14-18-11-7-3/h5-14H2,1-4H3. The van der Waals surface area contributed by atoms with E-state index in [0.29, 0.717) is 0 Å². The van der Waals surface area contributed by atoms with Gasteiger partial charge in [-0.1, -0.05) is 27.7 Å². The van der Waals surface area contributed by atoms with Gasteiger partial charge in [0.25, 0.3) is 0 Å². The third kappa shape index (κ3) is 8.06. The summed E-state index contributed by atoms with van der Waals surface area (Å²) in [6.45, 7) is 13.3. The summed E-state index contributed by atoms with van der Waals surface area (Å²) in [5.74, 6) is 0.